The van der Waals surface area contributed by atoms with E-state index in [1.807, 2.05) is 5.32 Å². The highest BCUT2D eigenvalue weighted by molar-refractivity contribution is 7.80. The number of alkyl halides is 6. The summed E-state index contributed by atoms with van der Waals surface area (Å²) in [4.78, 5) is 12.1. The largest absolute Gasteiger partial charge is 0.427 e. The van der Waals surface area contributed by atoms with E-state index in [0.717, 1.165) is 17.7 Å². The van der Waals surface area contributed by atoms with Crippen LogP contribution >= 0.6 is 12.2 Å². The van der Waals surface area contributed by atoms with Crippen molar-refractivity contribution in [3.63, 3.8) is 0 Å². The molecule has 0 aliphatic carbocycles. The average Bonchev–Trinajstić information content (AvgIpc) is 2.61. The van der Waals surface area contributed by atoms with Gasteiger partial charge in [0.1, 0.15) is 0 Å². The molecule has 0 bridgehead atoms. The molecular weight excluding hydrogens is 439 g/mol. The highest BCUT2D eigenvalue weighted by atomic mass is 32.1. The van der Waals surface area contributed by atoms with Crippen molar-refractivity contribution in [2.45, 2.75) is 25.4 Å². The molecule has 1 amide bonds. The van der Waals surface area contributed by atoms with Crippen molar-refractivity contribution < 1.29 is 35.5 Å². The second kappa shape index (κ2) is 8.86. The molecule has 2 rings (SSSR count). The summed E-state index contributed by atoms with van der Waals surface area (Å²) in [6.07, 6.45) is -12.7. The van der Waals surface area contributed by atoms with Crippen LogP contribution in [0.2, 0.25) is 0 Å². The van der Waals surface area contributed by atoms with Crippen molar-refractivity contribution in [1.29, 1.82) is 0 Å². The molecule has 0 saturated heterocycles. The summed E-state index contributed by atoms with van der Waals surface area (Å²) in [6.45, 7) is 1.72. The molecule has 2 aromatic carbocycles. The number of halogens is 7. The molecule has 0 aliphatic heterocycles. The van der Waals surface area contributed by atoms with Gasteiger partial charge in [-0.1, -0.05) is 23.8 Å². The van der Waals surface area contributed by atoms with E-state index in [0.29, 0.717) is 6.07 Å². The van der Waals surface area contributed by atoms with Crippen molar-refractivity contribution in [1.82, 2.24) is 10.6 Å². The Labute approximate surface area is 171 Å². The Hall–Kier alpha value is -2.89. The Balaban J connectivity index is 2.15. The first-order valence-electron chi connectivity index (χ1n) is 8.16. The second-order valence-corrected chi connectivity index (χ2v) is 6.49. The summed E-state index contributed by atoms with van der Waals surface area (Å²) in [6, 6.07) is 7.86. The lowest BCUT2D eigenvalue weighted by Crippen LogP contribution is -2.57. The summed E-state index contributed by atoms with van der Waals surface area (Å²) in [5.41, 5.74) is -1.67. The van der Waals surface area contributed by atoms with E-state index in [-0.39, 0.29) is 5.56 Å². The van der Waals surface area contributed by atoms with E-state index in [9.17, 15) is 35.5 Å². The molecule has 3 N–H and O–H groups in total. The van der Waals surface area contributed by atoms with Gasteiger partial charge in [0.15, 0.2) is 17.1 Å². The Kier molecular flexibility index (Phi) is 6.91. The predicted octanol–water partition coefficient (Wildman–Crippen LogP) is 4.76. The number of anilines is 1. The van der Waals surface area contributed by atoms with Crippen LogP contribution < -0.4 is 16.0 Å². The number of thiocarbonyl (C=S) groups is 1. The van der Waals surface area contributed by atoms with Crippen molar-refractivity contribution in [2.24, 2.45) is 0 Å². The van der Waals surface area contributed by atoms with E-state index >= 15 is 0 Å². The van der Waals surface area contributed by atoms with Crippen LogP contribution in [0.25, 0.3) is 0 Å². The van der Waals surface area contributed by atoms with Gasteiger partial charge in [-0.05, 0) is 43.4 Å². The van der Waals surface area contributed by atoms with Crippen LogP contribution in [0.1, 0.15) is 21.5 Å². The fourth-order valence-corrected chi connectivity index (χ4v) is 2.48. The lowest BCUT2D eigenvalue weighted by molar-refractivity contribution is -0.156. The fourth-order valence-electron chi connectivity index (χ4n) is 2.26. The number of hydrogen-bond acceptors (Lipinski definition) is 2. The molecule has 0 saturated carbocycles. The lowest BCUT2D eigenvalue weighted by atomic mass is 10.1. The molecule has 4 nitrogen and oxygen atoms in total. The molecule has 1 atom stereocenters. The first-order valence-corrected chi connectivity index (χ1v) is 8.57. The molecule has 0 radical (unpaired) electrons. The number of aryl methyl sites for hydroxylation is 1. The van der Waals surface area contributed by atoms with E-state index in [1.54, 1.807) is 17.6 Å². The molecule has 0 aromatic heterocycles. The standard InChI is InChI=1S/C18H14F7N3OS/c1-9-5-7-10(8-6-9)14(29)27-15(18(23,24)25)28-16(30)26-12-4-2-3-11(13(12)19)17(20,21)22/h2-8,15H,1H3,(H,27,29)(H2,26,28,30). The molecule has 12 heteroatoms. The zero-order chi connectivity index (χ0) is 22.7. The number of nitrogens with one attached hydrogen (secondary N) is 3. The fraction of sp³-hybridized carbons (Fsp3) is 0.222. The molecule has 0 spiro atoms. The van der Waals surface area contributed by atoms with Crippen LogP contribution in [0.15, 0.2) is 42.5 Å². The minimum Gasteiger partial charge on any atom is -0.335 e. The molecular formula is C18H14F7N3OS. The molecule has 0 aliphatic rings. The van der Waals surface area contributed by atoms with Crippen LogP contribution in [0.5, 0.6) is 0 Å². The summed E-state index contributed by atoms with van der Waals surface area (Å²) in [7, 11) is 0. The third kappa shape index (κ3) is 6.05. The zero-order valence-corrected chi connectivity index (χ0v) is 15.9. The number of rotatable bonds is 4. The summed E-state index contributed by atoms with van der Waals surface area (Å²) < 4.78 is 92.1. The maximum Gasteiger partial charge on any atom is 0.427 e. The Morgan fingerprint density at radius 1 is 0.967 bits per heavy atom. The third-order valence-electron chi connectivity index (χ3n) is 3.74. The molecule has 0 fully saturated rings. The van der Waals surface area contributed by atoms with E-state index in [4.69, 9.17) is 0 Å². The SMILES string of the molecule is Cc1ccc(C(=O)NC(NC(=S)Nc2cccc(C(F)(F)F)c2F)C(F)(F)F)cc1. The molecule has 30 heavy (non-hydrogen) atoms. The van der Waals surface area contributed by atoms with Crippen LogP contribution in [0.3, 0.4) is 0 Å². The minimum atomic E-state index is -5.02. The van der Waals surface area contributed by atoms with E-state index in [2.05, 4.69) is 12.2 Å². The first-order chi connectivity index (χ1) is 13.8. The maximum absolute atomic E-state index is 14.0. The number of carbonyl (C=O) groups excluding carboxylic acids is 1. The topological polar surface area (TPSA) is 53.2 Å². The summed E-state index contributed by atoms with van der Waals surface area (Å²) in [5, 5.41) is 4.49. The molecule has 2 aromatic rings. The zero-order valence-electron chi connectivity index (χ0n) is 15.1. The van der Waals surface area contributed by atoms with Gasteiger partial charge in [-0.25, -0.2) is 4.39 Å². The van der Waals surface area contributed by atoms with Crippen molar-refractivity contribution >= 4 is 28.9 Å². The van der Waals surface area contributed by atoms with Gasteiger partial charge in [0, 0.05) is 5.56 Å². The van der Waals surface area contributed by atoms with Crippen molar-refractivity contribution in [2.75, 3.05) is 5.32 Å². The highest BCUT2D eigenvalue weighted by Gasteiger charge is 2.42. The maximum atomic E-state index is 14.0. The Bertz CT molecular complexity index is 927. The van der Waals surface area contributed by atoms with Gasteiger partial charge < -0.3 is 16.0 Å². The number of hydrogen-bond donors (Lipinski definition) is 3. The quantitative estimate of drug-likeness (QED) is 0.355. The smallest absolute Gasteiger partial charge is 0.335 e. The molecule has 1 unspecified atom stereocenters. The average molecular weight is 453 g/mol. The number of carbonyl (C=O) groups is 1. The minimum absolute atomic E-state index is 0.0561. The Morgan fingerprint density at radius 2 is 1.57 bits per heavy atom. The van der Waals surface area contributed by atoms with Crippen LogP contribution in [0.4, 0.5) is 36.4 Å². The van der Waals surface area contributed by atoms with Gasteiger partial charge in [-0.2, -0.15) is 26.3 Å². The highest BCUT2D eigenvalue weighted by Crippen LogP contribution is 2.33. The van der Waals surface area contributed by atoms with E-state index < -0.39 is 46.6 Å². The number of benzene rings is 2. The lowest BCUT2D eigenvalue weighted by Gasteiger charge is -2.24. The van der Waals surface area contributed by atoms with Gasteiger partial charge in [-0.15, -0.1) is 0 Å². The van der Waals surface area contributed by atoms with Crippen molar-refractivity contribution in [3.8, 4) is 0 Å². The Morgan fingerprint density at radius 3 is 2.10 bits per heavy atom. The van der Waals surface area contributed by atoms with Crippen LogP contribution in [-0.2, 0) is 6.18 Å². The van der Waals surface area contributed by atoms with Gasteiger partial charge in [0.05, 0.1) is 11.3 Å². The number of amides is 1. The van der Waals surface area contributed by atoms with Gasteiger partial charge in [0.2, 0.25) is 0 Å². The predicted molar refractivity (Wildman–Crippen MR) is 99.2 cm³/mol. The normalized spacial score (nSPS) is 12.8. The van der Waals surface area contributed by atoms with E-state index in [1.165, 1.54) is 24.3 Å². The molecule has 0 heterocycles. The van der Waals surface area contributed by atoms with Crippen molar-refractivity contribution in [3.05, 3.63) is 65.0 Å². The van der Waals surface area contributed by atoms with Crippen LogP contribution in [-0.4, -0.2) is 23.4 Å². The third-order valence-corrected chi connectivity index (χ3v) is 3.96. The summed E-state index contributed by atoms with van der Waals surface area (Å²) in [5.74, 6) is -2.81. The monoisotopic (exact) mass is 453 g/mol. The molecule has 162 valence electrons. The first kappa shape index (κ1) is 23.4. The van der Waals surface area contributed by atoms with Gasteiger partial charge >= 0.3 is 12.4 Å². The second-order valence-electron chi connectivity index (χ2n) is 6.08. The summed E-state index contributed by atoms with van der Waals surface area (Å²) >= 11 is 4.64. The van der Waals surface area contributed by atoms with Gasteiger partial charge in [-0.3, -0.25) is 4.79 Å². The van der Waals surface area contributed by atoms with Crippen LogP contribution in [0, 0.1) is 12.7 Å². The van der Waals surface area contributed by atoms with Gasteiger partial charge in [0.25, 0.3) is 5.91 Å².